The molecule has 2 saturated carbocycles. The lowest BCUT2D eigenvalue weighted by atomic mass is 10.1. The number of ether oxygens (including phenoxy) is 1. The second-order valence-corrected chi connectivity index (χ2v) is 10.4. The molecule has 2 aliphatic carbocycles. The molecule has 2 aliphatic rings. The quantitative estimate of drug-likeness (QED) is 0.403. The number of halogens is 1. The van der Waals surface area contributed by atoms with Gasteiger partial charge in [-0.3, -0.25) is 4.79 Å². The fourth-order valence-corrected chi connectivity index (χ4v) is 4.95. The van der Waals surface area contributed by atoms with Gasteiger partial charge in [0.2, 0.25) is 0 Å². The number of rotatable bonds is 9. The first kappa shape index (κ1) is 21.1. The van der Waals surface area contributed by atoms with Crippen molar-refractivity contribution in [3.8, 4) is 16.2 Å². The summed E-state index contributed by atoms with van der Waals surface area (Å²) in [5, 5.41) is 0.902. The molecular weight excluding hydrogens is 423 g/mol. The molecule has 0 atom stereocenters. The zero-order valence-corrected chi connectivity index (χ0v) is 19.0. The molecule has 32 heavy (non-hydrogen) atoms. The average molecular weight is 451 g/mol. The van der Waals surface area contributed by atoms with Crippen LogP contribution in [-0.4, -0.2) is 35.5 Å². The average Bonchev–Trinajstić information content (AvgIpc) is 3.73. The fourth-order valence-electron chi connectivity index (χ4n) is 4.04. The highest BCUT2D eigenvalue weighted by Crippen LogP contribution is 2.47. The number of aromatic nitrogens is 1. The van der Waals surface area contributed by atoms with Gasteiger partial charge in [-0.1, -0.05) is 30.3 Å². The van der Waals surface area contributed by atoms with Gasteiger partial charge in [0.05, 0.1) is 16.5 Å². The van der Waals surface area contributed by atoms with Crippen molar-refractivity contribution in [3.05, 3.63) is 71.1 Å². The Labute approximate surface area is 192 Å². The van der Waals surface area contributed by atoms with E-state index in [1.165, 1.54) is 25.0 Å². The maximum absolute atomic E-state index is 13.7. The highest BCUT2D eigenvalue weighted by molar-refractivity contribution is 7.15. The van der Waals surface area contributed by atoms with Gasteiger partial charge in [-0.2, -0.15) is 0 Å². The van der Waals surface area contributed by atoms with Crippen LogP contribution in [0.2, 0.25) is 0 Å². The van der Waals surface area contributed by atoms with Gasteiger partial charge in [0.1, 0.15) is 17.3 Å². The van der Waals surface area contributed by atoms with E-state index in [0.29, 0.717) is 30.5 Å². The number of carbonyl (C=O) groups excluding carboxylic acids is 1. The predicted molar refractivity (Wildman–Crippen MR) is 124 cm³/mol. The van der Waals surface area contributed by atoms with Gasteiger partial charge >= 0.3 is 0 Å². The molecule has 2 aromatic carbocycles. The van der Waals surface area contributed by atoms with Crippen LogP contribution in [0, 0.1) is 24.1 Å². The third-order valence-corrected chi connectivity index (χ3v) is 7.30. The van der Waals surface area contributed by atoms with E-state index in [1.54, 1.807) is 23.5 Å². The summed E-state index contributed by atoms with van der Waals surface area (Å²) < 4.78 is 19.1. The Bertz CT molecular complexity index is 1090. The molecule has 1 heterocycles. The molecular formula is C26H27FN2O2S. The first-order valence-electron chi connectivity index (χ1n) is 11.2. The lowest BCUT2D eigenvalue weighted by Gasteiger charge is -2.28. The van der Waals surface area contributed by atoms with Gasteiger partial charge in [-0.05, 0) is 68.4 Å². The summed E-state index contributed by atoms with van der Waals surface area (Å²) in [6, 6.07) is 16.2. The van der Waals surface area contributed by atoms with Crippen molar-refractivity contribution in [1.82, 2.24) is 9.88 Å². The Kier molecular flexibility index (Phi) is 5.72. The van der Waals surface area contributed by atoms with Gasteiger partial charge in [0.25, 0.3) is 5.91 Å². The number of hydrogen-bond acceptors (Lipinski definition) is 4. The summed E-state index contributed by atoms with van der Waals surface area (Å²) in [5.74, 6) is 1.01. The van der Waals surface area contributed by atoms with E-state index in [4.69, 9.17) is 4.74 Å². The van der Waals surface area contributed by atoms with Crippen LogP contribution in [0.4, 0.5) is 4.39 Å². The van der Waals surface area contributed by atoms with Gasteiger partial charge < -0.3 is 9.64 Å². The van der Waals surface area contributed by atoms with Crippen molar-refractivity contribution in [2.75, 3.05) is 19.7 Å². The maximum atomic E-state index is 13.7. The minimum absolute atomic E-state index is 0.0214. The van der Waals surface area contributed by atoms with E-state index in [0.717, 1.165) is 34.8 Å². The minimum Gasteiger partial charge on any atom is -0.493 e. The van der Waals surface area contributed by atoms with Crippen molar-refractivity contribution in [2.24, 2.45) is 11.3 Å². The Morgan fingerprint density at radius 3 is 2.53 bits per heavy atom. The molecule has 0 bridgehead atoms. The maximum Gasteiger partial charge on any atom is 0.274 e. The van der Waals surface area contributed by atoms with E-state index in [9.17, 15) is 9.18 Å². The largest absolute Gasteiger partial charge is 0.493 e. The van der Waals surface area contributed by atoms with Crippen LogP contribution >= 0.6 is 11.3 Å². The number of nitrogens with zero attached hydrogens (tertiary/aromatic N) is 2. The summed E-state index contributed by atoms with van der Waals surface area (Å²) in [6.45, 7) is 3.95. The molecule has 5 rings (SSSR count). The van der Waals surface area contributed by atoms with Crippen LogP contribution in [0.5, 0.6) is 5.75 Å². The molecule has 1 aromatic heterocycles. The second-order valence-electron chi connectivity index (χ2n) is 9.15. The van der Waals surface area contributed by atoms with Crippen molar-refractivity contribution >= 4 is 17.2 Å². The van der Waals surface area contributed by atoms with Crippen LogP contribution in [0.15, 0.2) is 54.6 Å². The Hall–Kier alpha value is -2.73. The molecule has 0 radical (unpaired) electrons. The third-order valence-electron chi connectivity index (χ3n) is 6.28. The lowest BCUT2D eigenvalue weighted by Crippen LogP contribution is -2.39. The van der Waals surface area contributed by atoms with E-state index in [1.807, 2.05) is 42.2 Å². The van der Waals surface area contributed by atoms with Crippen molar-refractivity contribution in [2.45, 2.75) is 32.6 Å². The van der Waals surface area contributed by atoms with E-state index < -0.39 is 0 Å². The monoisotopic (exact) mass is 450 g/mol. The molecule has 6 heteroatoms. The number of benzene rings is 2. The number of thiazole rings is 1. The second kappa shape index (κ2) is 8.66. The molecule has 4 nitrogen and oxygen atoms in total. The number of amides is 1. The topological polar surface area (TPSA) is 42.4 Å². The van der Waals surface area contributed by atoms with Gasteiger partial charge in [0, 0.05) is 18.5 Å². The summed E-state index contributed by atoms with van der Waals surface area (Å²) in [4.78, 5) is 21.3. The summed E-state index contributed by atoms with van der Waals surface area (Å²) in [7, 11) is 0. The van der Waals surface area contributed by atoms with Crippen LogP contribution in [0.3, 0.4) is 0 Å². The van der Waals surface area contributed by atoms with Gasteiger partial charge in [-0.15, -0.1) is 11.3 Å². The van der Waals surface area contributed by atoms with Gasteiger partial charge in [0.15, 0.2) is 0 Å². The van der Waals surface area contributed by atoms with Gasteiger partial charge in [-0.25, -0.2) is 9.37 Å². The molecule has 0 aliphatic heterocycles. The zero-order chi connectivity index (χ0) is 22.1. The van der Waals surface area contributed by atoms with Crippen LogP contribution in [0.1, 0.15) is 41.2 Å². The fraction of sp³-hybridized carbons (Fsp3) is 0.385. The molecule has 0 N–H and O–H groups in total. The number of aryl methyl sites for hydroxylation is 1. The smallest absolute Gasteiger partial charge is 0.274 e. The normalized spacial score (nSPS) is 16.6. The molecule has 0 spiro atoms. The summed E-state index contributed by atoms with van der Waals surface area (Å²) in [5.41, 5.74) is 1.57. The standard InChI is InChI=1S/C26H27FN2O2S/c1-18-28-23(24(32-18)20-5-3-2-4-6-20)25(30)29(15-19-7-8-19)16-26(13-14-26)17-31-22-11-9-21(27)10-12-22/h2-6,9-12,19H,7-8,13-17H2,1H3. The zero-order valence-electron chi connectivity index (χ0n) is 18.2. The molecule has 166 valence electrons. The first-order valence-corrected chi connectivity index (χ1v) is 12.0. The molecule has 2 fully saturated rings. The highest BCUT2D eigenvalue weighted by Gasteiger charge is 2.47. The van der Waals surface area contributed by atoms with Crippen molar-refractivity contribution in [3.63, 3.8) is 0 Å². The summed E-state index contributed by atoms with van der Waals surface area (Å²) in [6.07, 6.45) is 4.43. The van der Waals surface area contributed by atoms with Crippen LogP contribution in [0.25, 0.3) is 10.4 Å². The van der Waals surface area contributed by atoms with Crippen molar-refractivity contribution in [1.29, 1.82) is 0 Å². The van der Waals surface area contributed by atoms with Crippen molar-refractivity contribution < 1.29 is 13.9 Å². The lowest BCUT2D eigenvalue weighted by molar-refractivity contribution is 0.0676. The molecule has 0 unspecified atom stereocenters. The molecule has 1 amide bonds. The molecule has 0 saturated heterocycles. The number of carbonyl (C=O) groups is 1. The Morgan fingerprint density at radius 1 is 1.16 bits per heavy atom. The van der Waals surface area contributed by atoms with E-state index >= 15 is 0 Å². The first-order chi connectivity index (χ1) is 15.5. The summed E-state index contributed by atoms with van der Waals surface area (Å²) >= 11 is 1.58. The SMILES string of the molecule is Cc1nc(C(=O)N(CC2CC2)CC2(COc3ccc(F)cc3)CC2)c(-c2ccccc2)s1. The number of hydrogen-bond donors (Lipinski definition) is 0. The molecule has 3 aromatic rings. The Balaban J connectivity index is 1.34. The predicted octanol–water partition coefficient (Wildman–Crippen LogP) is 5.97. The Morgan fingerprint density at radius 2 is 1.88 bits per heavy atom. The van der Waals surface area contributed by atoms with Crippen LogP contribution < -0.4 is 4.74 Å². The van der Waals surface area contributed by atoms with E-state index in [2.05, 4.69) is 4.98 Å². The third kappa shape index (κ3) is 4.85. The minimum atomic E-state index is -0.271. The van der Waals surface area contributed by atoms with E-state index in [-0.39, 0.29) is 17.1 Å². The highest BCUT2D eigenvalue weighted by atomic mass is 32.1. The van der Waals surface area contributed by atoms with Crippen LogP contribution in [-0.2, 0) is 0 Å².